The van der Waals surface area contributed by atoms with Crippen molar-refractivity contribution >= 4 is 0 Å². The van der Waals surface area contributed by atoms with E-state index in [-0.39, 0.29) is 0 Å². The van der Waals surface area contributed by atoms with E-state index in [0.717, 1.165) is 29.6 Å². The van der Waals surface area contributed by atoms with Gasteiger partial charge in [0, 0.05) is 0 Å². The predicted molar refractivity (Wildman–Crippen MR) is 108 cm³/mol. The Morgan fingerprint density at radius 2 is 1.76 bits per heavy atom. The maximum atomic E-state index is 2.72. The van der Waals surface area contributed by atoms with Gasteiger partial charge in [-0.05, 0) is 111 Å². The molecule has 0 spiro atoms. The van der Waals surface area contributed by atoms with Gasteiger partial charge in [0.25, 0.3) is 0 Å². The molecule has 0 amide bonds. The summed E-state index contributed by atoms with van der Waals surface area (Å²) in [6.07, 6.45) is 16.0. The van der Waals surface area contributed by atoms with Crippen molar-refractivity contribution in [3.8, 4) is 0 Å². The summed E-state index contributed by atoms with van der Waals surface area (Å²) in [6, 6.07) is 0. The molecule has 0 heteroatoms. The lowest BCUT2D eigenvalue weighted by molar-refractivity contribution is -0.109. The summed E-state index contributed by atoms with van der Waals surface area (Å²) in [5.41, 5.74) is 3.44. The van der Waals surface area contributed by atoms with Crippen LogP contribution in [0.1, 0.15) is 99.3 Å². The summed E-state index contributed by atoms with van der Waals surface area (Å²) in [4.78, 5) is 0. The SMILES string of the molecule is CC1=CC[C@H]2[C@@H]3CC[C@H]4CC(CC(C)(C)C)CC[C@]4(C)[C@H]3CC[C@]12C. The average molecular weight is 343 g/mol. The summed E-state index contributed by atoms with van der Waals surface area (Å²) in [5, 5.41) is 0. The van der Waals surface area contributed by atoms with Crippen LogP contribution in [0.2, 0.25) is 0 Å². The van der Waals surface area contributed by atoms with Gasteiger partial charge in [-0.15, -0.1) is 0 Å². The number of fused-ring (bicyclic) bond motifs is 5. The van der Waals surface area contributed by atoms with Gasteiger partial charge in [-0.3, -0.25) is 0 Å². The van der Waals surface area contributed by atoms with E-state index >= 15 is 0 Å². The highest BCUT2D eigenvalue weighted by Crippen LogP contribution is 2.66. The van der Waals surface area contributed by atoms with Crippen LogP contribution < -0.4 is 0 Å². The lowest BCUT2D eigenvalue weighted by atomic mass is 9.44. The second-order valence-corrected chi connectivity index (χ2v) is 12.1. The Kier molecular flexibility index (Phi) is 4.25. The van der Waals surface area contributed by atoms with Crippen molar-refractivity contribution in [1.29, 1.82) is 0 Å². The minimum absolute atomic E-state index is 0.509. The zero-order valence-corrected chi connectivity index (χ0v) is 17.8. The zero-order valence-electron chi connectivity index (χ0n) is 17.8. The van der Waals surface area contributed by atoms with Crippen LogP contribution in [-0.4, -0.2) is 0 Å². The van der Waals surface area contributed by atoms with E-state index in [1.54, 1.807) is 5.57 Å². The summed E-state index contributed by atoms with van der Waals surface area (Å²) < 4.78 is 0. The first-order valence-electron chi connectivity index (χ1n) is 11.3. The van der Waals surface area contributed by atoms with E-state index in [9.17, 15) is 0 Å². The van der Waals surface area contributed by atoms with E-state index < -0.39 is 0 Å². The normalized spacial score (nSPS) is 49.8. The van der Waals surface area contributed by atoms with Crippen LogP contribution in [0.15, 0.2) is 11.6 Å². The molecule has 1 unspecified atom stereocenters. The van der Waals surface area contributed by atoms with Crippen molar-refractivity contribution in [2.45, 2.75) is 99.3 Å². The molecule has 0 bridgehead atoms. The third-order valence-corrected chi connectivity index (χ3v) is 9.64. The van der Waals surface area contributed by atoms with Crippen molar-refractivity contribution in [2.24, 2.45) is 45.8 Å². The first-order chi connectivity index (χ1) is 11.6. The highest BCUT2D eigenvalue weighted by atomic mass is 14.6. The molecule has 0 aromatic heterocycles. The highest BCUT2D eigenvalue weighted by molar-refractivity contribution is 5.23. The Morgan fingerprint density at radius 1 is 1.00 bits per heavy atom. The van der Waals surface area contributed by atoms with Crippen LogP contribution in [0.4, 0.5) is 0 Å². The van der Waals surface area contributed by atoms with Gasteiger partial charge in [-0.25, -0.2) is 0 Å². The zero-order chi connectivity index (χ0) is 18.0. The van der Waals surface area contributed by atoms with E-state index in [1.165, 1.54) is 57.8 Å². The Labute approximate surface area is 157 Å². The standard InChI is InChI=1S/C25H42/c1-17-7-10-21-20-9-8-19-15-18(16-23(2,3)4)11-13-25(19,6)22(20)12-14-24(17,21)5/h7,18-22H,8-16H2,1-6H3/t18?,19-,20-,21-,22-,24+,25-/m0/s1. The predicted octanol–water partition coefficient (Wildman–Crippen LogP) is 7.64. The summed E-state index contributed by atoms with van der Waals surface area (Å²) >= 11 is 0. The molecule has 3 saturated carbocycles. The molecule has 4 rings (SSSR count). The molecule has 0 nitrogen and oxygen atoms in total. The van der Waals surface area contributed by atoms with Gasteiger partial charge < -0.3 is 0 Å². The fourth-order valence-corrected chi connectivity index (χ4v) is 8.18. The van der Waals surface area contributed by atoms with E-state index in [0.29, 0.717) is 16.2 Å². The topological polar surface area (TPSA) is 0 Å². The fourth-order valence-electron chi connectivity index (χ4n) is 8.18. The molecular weight excluding hydrogens is 300 g/mol. The molecule has 7 atom stereocenters. The quantitative estimate of drug-likeness (QED) is 0.429. The Balaban J connectivity index is 1.51. The smallest absolute Gasteiger partial charge is 0.00851 e. The number of rotatable bonds is 1. The van der Waals surface area contributed by atoms with Crippen molar-refractivity contribution < 1.29 is 0 Å². The molecule has 4 aliphatic rings. The van der Waals surface area contributed by atoms with Gasteiger partial charge >= 0.3 is 0 Å². The second kappa shape index (κ2) is 5.87. The maximum absolute atomic E-state index is 2.72. The molecule has 0 aromatic carbocycles. The van der Waals surface area contributed by atoms with Crippen molar-refractivity contribution in [1.82, 2.24) is 0 Å². The van der Waals surface area contributed by atoms with Gasteiger partial charge in [0.2, 0.25) is 0 Å². The third kappa shape index (κ3) is 2.85. The molecule has 0 N–H and O–H groups in total. The van der Waals surface area contributed by atoms with Crippen LogP contribution in [0.3, 0.4) is 0 Å². The van der Waals surface area contributed by atoms with Crippen LogP contribution in [0, 0.1) is 45.8 Å². The van der Waals surface area contributed by atoms with E-state index in [1.807, 2.05) is 0 Å². The molecule has 0 saturated heterocycles. The van der Waals surface area contributed by atoms with Gasteiger partial charge in [-0.2, -0.15) is 0 Å². The summed E-state index contributed by atoms with van der Waals surface area (Å²) in [5.74, 6) is 5.04. The van der Waals surface area contributed by atoms with Gasteiger partial charge in [-0.1, -0.05) is 46.3 Å². The van der Waals surface area contributed by atoms with Gasteiger partial charge in [0.15, 0.2) is 0 Å². The molecule has 142 valence electrons. The lowest BCUT2D eigenvalue weighted by Gasteiger charge is -2.61. The number of allylic oxidation sites excluding steroid dienone is 2. The van der Waals surface area contributed by atoms with Crippen LogP contribution >= 0.6 is 0 Å². The molecule has 3 fully saturated rings. The molecule has 0 radical (unpaired) electrons. The van der Waals surface area contributed by atoms with Crippen LogP contribution in [0.25, 0.3) is 0 Å². The molecule has 0 heterocycles. The minimum atomic E-state index is 0.509. The number of hydrogen-bond donors (Lipinski definition) is 0. The Hall–Kier alpha value is -0.260. The lowest BCUT2D eigenvalue weighted by Crippen LogP contribution is -2.53. The largest absolute Gasteiger partial charge is 0.0847 e. The first kappa shape index (κ1) is 18.1. The monoisotopic (exact) mass is 342 g/mol. The van der Waals surface area contributed by atoms with E-state index in [4.69, 9.17) is 0 Å². The molecule has 0 aliphatic heterocycles. The summed E-state index contributed by atoms with van der Waals surface area (Å²) in [7, 11) is 0. The highest BCUT2D eigenvalue weighted by Gasteiger charge is 2.57. The molecule has 25 heavy (non-hydrogen) atoms. The molecular formula is C25H42. The average Bonchev–Trinajstić information content (AvgIpc) is 2.82. The Bertz CT molecular complexity index is 549. The van der Waals surface area contributed by atoms with Crippen LogP contribution in [-0.2, 0) is 0 Å². The van der Waals surface area contributed by atoms with Gasteiger partial charge in [0.05, 0.1) is 0 Å². The van der Waals surface area contributed by atoms with Crippen molar-refractivity contribution in [2.75, 3.05) is 0 Å². The van der Waals surface area contributed by atoms with Gasteiger partial charge in [0.1, 0.15) is 0 Å². The van der Waals surface area contributed by atoms with Crippen LogP contribution in [0.5, 0.6) is 0 Å². The van der Waals surface area contributed by atoms with E-state index in [2.05, 4.69) is 47.6 Å². The molecule has 0 aromatic rings. The Morgan fingerprint density at radius 3 is 2.48 bits per heavy atom. The first-order valence-corrected chi connectivity index (χ1v) is 11.3. The summed E-state index contributed by atoms with van der Waals surface area (Å²) in [6.45, 7) is 15.1. The second-order valence-electron chi connectivity index (χ2n) is 12.1. The number of hydrogen-bond acceptors (Lipinski definition) is 0. The van der Waals surface area contributed by atoms with Crippen molar-refractivity contribution in [3.05, 3.63) is 11.6 Å². The van der Waals surface area contributed by atoms with Crippen molar-refractivity contribution in [3.63, 3.8) is 0 Å². The maximum Gasteiger partial charge on any atom is -0.00851 e. The minimum Gasteiger partial charge on any atom is -0.0847 e. The third-order valence-electron chi connectivity index (χ3n) is 9.64. The fraction of sp³-hybridized carbons (Fsp3) is 0.920. The molecule has 4 aliphatic carbocycles.